The summed E-state index contributed by atoms with van der Waals surface area (Å²) in [4.78, 5) is 42.5. The van der Waals surface area contributed by atoms with Crippen LogP contribution in [0, 0.1) is 0 Å². The van der Waals surface area contributed by atoms with E-state index in [1.807, 2.05) is 13.8 Å². The number of nitrogens with zero attached hydrogens (tertiary/aromatic N) is 3. The van der Waals surface area contributed by atoms with E-state index in [9.17, 15) is 19.5 Å². The van der Waals surface area contributed by atoms with Crippen molar-refractivity contribution in [3.05, 3.63) is 23.9 Å². The summed E-state index contributed by atoms with van der Waals surface area (Å²) in [5.74, 6) is -0.402. The Morgan fingerprint density at radius 3 is 2.69 bits per heavy atom. The lowest BCUT2D eigenvalue weighted by atomic mass is 9.91. The summed E-state index contributed by atoms with van der Waals surface area (Å²) in [5, 5.41) is 11.6. The summed E-state index contributed by atoms with van der Waals surface area (Å²) in [7, 11) is 0. The van der Waals surface area contributed by atoms with Gasteiger partial charge in [0, 0.05) is 50.4 Å². The molecule has 0 aromatic carbocycles. The summed E-state index contributed by atoms with van der Waals surface area (Å²) >= 11 is 0. The first-order chi connectivity index (χ1) is 13.8. The molecule has 3 amide bonds. The summed E-state index contributed by atoms with van der Waals surface area (Å²) in [6.07, 6.45) is 2.36. The molecule has 0 bridgehead atoms. The lowest BCUT2D eigenvalue weighted by Gasteiger charge is -2.43. The van der Waals surface area contributed by atoms with Crippen LogP contribution in [0.4, 0.5) is 4.79 Å². The van der Waals surface area contributed by atoms with Gasteiger partial charge in [0.25, 0.3) is 0 Å². The Kier molecular flexibility index (Phi) is 6.68. The predicted molar refractivity (Wildman–Crippen MR) is 105 cm³/mol. The van der Waals surface area contributed by atoms with Crippen LogP contribution in [-0.4, -0.2) is 76.1 Å². The fourth-order valence-electron chi connectivity index (χ4n) is 4.11. The van der Waals surface area contributed by atoms with E-state index in [1.54, 1.807) is 18.3 Å². The van der Waals surface area contributed by atoms with Gasteiger partial charge in [0.1, 0.15) is 0 Å². The van der Waals surface area contributed by atoms with Gasteiger partial charge in [0.05, 0.1) is 12.5 Å². The number of aromatic nitrogens is 1. The minimum atomic E-state index is -0.867. The number of hydrogen-bond donors (Lipinski definition) is 2. The lowest BCUT2D eigenvalue weighted by Crippen LogP contribution is -2.58. The number of carboxylic acid groups (broad SMARTS) is 1. The third-order valence-corrected chi connectivity index (χ3v) is 5.58. The Bertz CT molecular complexity index is 759. The Morgan fingerprint density at radius 1 is 1.31 bits per heavy atom. The second-order valence-electron chi connectivity index (χ2n) is 7.76. The third-order valence-electron chi connectivity index (χ3n) is 5.58. The van der Waals surface area contributed by atoms with E-state index < -0.39 is 6.09 Å². The van der Waals surface area contributed by atoms with Crippen molar-refractivity contribution in [2.24, 2.45) is 0 Å². The van der Waals surface area contributed by atoms with Crippen molar-refractivity contribution in [3.63, 3.8) is 0 Å². The summed E-state index contributed by atoms with van der Waals surface area (Å²) in [5.41, 5.74) is 0.798. The molecule has 0 aliphatic carbocycles. The van der Waals surface area contributed by atoms with Gasteiger partial charge in [0.2, 0.25) is 17.7 Å². The van der Waals surface area contributed by atoms with E-state index in [0.717, 1.165) is 18.5 Å². The number of rotatable bonds is 6. The number of nitrogens with one attached hydrogen (secondary N) is 1. The number of hydrogen-bond acceptors (Lipinski definition) is 6. The van der Waals surface area contributed by atoms with Crippen molar-refractivity contribution >= 4 is 17.9 Å². The van der Waals surface area contributed by atoms with Gasteiger partial charge in [-0.1, -0.05) is 0 Å². The van der Waals surface area contributed by atoms with Gasteiger partial charge in [-0.2, -0.15) is 0 Å². The fraction of sp³-hybridized carbons (Fsp3) is 0.600. The van der Waals surface area contributed by atoms with E-state index in [1.165, 1.54) is 4.90 Å². The maximum absolute atomic E-state index is 12.0. The van der Waals surface area contributed by atoms with E-state index in [2.05, 4.69) is 15.2 Å². The zero-order valence-corrected chi connectivity index (χ0v) is 16.8. The zero-order chi connectivity index (χ0) is 21.0. The molecule has 1 aromatic rings. The van der Waals surface area contributed by atoms with Crippen LogP contribution in [0.3, 0.4) is 0 Å². The molecule has 29 heavy (non-hydrogen) atoms. The van der Waals surface area contributed by atoms with Gasteiger partial charge in [-0.25, -0.2) is 9.78 Å². The highest BCUT2D eigenvalue weighted by Crippen LogP contribution is 2.26. The van der Waals surface area contributed by atoms with Gasteiger partial charge in [0.15, 0.2) is 0 Å². The van der Waals surface area contributed by atoms with Crippen LogP contribution >= 0.6 is 0 Å². The van der Waals surface area contributed by atoms with Crippen LogP contribution in [0.5, 0.6) is 5.88 Å². The third kappa shape index (κ3) is 5.23. The minimum Gasteiger partial charge on any atom is -0.478 e. The average Bonchev–Trinajstić information content (AvgIpc) is 2.66. The summed E-state index contributed by atoms with van der Waals surface area (Å²) in [6, 6.07) is 3.85. The number of carbonyl (C=O) groups excluding carboxylic acids is 2. The predicted octanol–water partition coefficient (Wildman–Crippen LogP) is 1.44. The molecule has 2 aliphatic heterocycles. The molecule has 0 saturated carbocycles. The van der Waals surface area contributed by atoms with Crippen molar-refractivity contribution < 1.29 is 24.2 Å². The standard InChI is InChI=1S/C20H28N4O5/c1-13-11-23(20(27)28)12-14(2)24(13)8-3-9-29-18-10-15(6-7-21-18)16-4-5-17(25)22-19(16)26/h6-7,10,13-14,16H,3-5,8-9,11-12H2,1-2H3,(H,27,28)(H,22,25,26)/t13-,14?,16?/m0/s1. The van der Waals surface area contributed by atoms with Crippen LogP contribution in [0.15, 0.2) is 18.3 Å². The van der Waals surface area contributed by atoms with Crippen molar-refractivity contribution in [2.45, 2.75) is 51.1 Å². The number of imide groups is 1. The van der Waals surface area contributed by atoms with E-state index in [4.69, 9.17) is 4.74 Å². The molecule has 3 heterocycles. The molecule has 9 heteroatoms. The topological polar surface area (TPSA) is 112 Å². The molecule has 3 rings (SSSR count). The molecule has 0 radical (unpaired) electrons. The quantitative estimate of drug-likeness (QED) is 0.545. The highest BCUT2D eigenvalue weighted by Gasteiger charge is 2.31. The van der Waals surface area contributed by atoms with Gasteiger partial charge in [-0.3, -0.25) is 19.8 Å². The molecule has 2 fully saturated rings. The highest BCUT2D eigenvalue weighted by molar-refractivity contribution is 6.00. The first-order valence-corrected chi connectivity index (χ1v) is 10.0. The first kappa shape index (κ1) is 21.0. The van der Waals surface area contributed by atoms with Gasteiger partial charge in [-0.15, -0.1) is 0 Å². The molecule has 2 N–H and O–H groups in total. The Morgan fingerprint density at radius 2 is 2.03 bits per heavy atom. The summed E-state index contributed by atoms with van der Waals surface area (Å²) < 4.78 is 5.77. The Hall–Kier alpha value is -2.68. The minimum absolute atomic E-state index is 0.156. The molecule has 9 nitrogen and oxygen atoms in total. The molecule has 158 valence electrons. The SMILES string of the molecule is CC1CN(C(=O)O)C[C@H](C)N1CCCOc1cc(C2CCC(=O)NC2=O)ccn1. The zero-order valence-electron chi connectivity index (χ0n) is 16.8. The first-order valence-electron chi connectivity index (χ1n) is 10.0. The maximum atomic E-state index is 12.0. The molecule has 2 saturated heterocycles. The number of piperidine rings is 1. The van der Waals surface area contributed by atoms with Gasteiger partial charge in [-0.05, 0) is 38.3 Å². The normalized spacial score (nSPS) is 25.6. The van der Waals surface area contributed by atoms with Crippen LogP contribution < -0.4 is 10.1 Å². The molecule has 0 spiro atoms. The highest BCUT2D eigenvalue weighted by atomic mass is 16.5. The Balaban J connectivity index is 1.48. The van der Waals surface area contributed by atoms with Gasteiger partial charge >= 0.3 is 6.09 Å². The Labute approximate surface area is 170 Å². The number of pyridine rings is 1. The molecule has 2 aliphatic rings. The molecule has 1 aromatic heterocycles. The molecular weight excluding hydrogens is 376 g/mol. The second kappa shape index (κ2) is 9.21. The van der Waals surface area contributed by atoms with E-state index >= 15 is 0 Å². The van der Waals surface area contributed by atoms with Crippen LogP contribution in [0.1, 0.15) is 44.6 Å². The van der Waals surface area contributed by atoms with E-state index in [-0.39, 0.29) is 29.8 Å². The monoisotopic (exact) mass is 404 g/mol. The van der Waals surface area contributed by atoms with Crippen molar-refractivity contribution in [1.82, 2.24) is 20.1 Å². The smallest absolute Gasteiger partial charge is 0.407 e. The number of carbonyl (C=O) groups is 3. The molecule has 3 atom stereocenters. The van der Waals surface area contributed by atoms with E-state index in [0.29, 0.717) is 38.4 Å². The van der Waals surface area contributed by atoms with Gasteiger partial charge < -0.3 is 14.7 Å². The van der Waals surface area contributed by atoms with Crippen LogP contribution in [-0.2, 0) is 9.59 Å². The maximum Gasteiger partial charge on any atom is 0.407 e. The average molecular weight is 404 g/mol. The van der Waals surface area contributed by atoms with Crippen LogP contribution in [0.25, 0.3) is 0 Å². The van der Waals surface area contributed by atoms with Crippen molar-refractivity contribution in [2.75, 3.05) is 26.2 Å². The van der Waals surface area contributed by atoms with Crippen LogP contribution in [0.2, 0.25) is 0 Å². The molecule has 2 unspecified atom stereocenters. The fourth-order valence-corrected chi connectivity index (χ4v) is 4.11. The molecular formula is C20H28N4O5. The summed E-state index contributed by atoms with van der Waals surface area (Å²) in [6.45, 7) is 6.38. The van der Waals surface area contributed by atoms with Crippen molar-refractivity contribution in [1.29, 1.82) is 0 Å². The number of ether oxygens (including phenoxy) is 1. The number of piperazine rings is 1. The number of amides is 3. The second-order valence-corrected chi connectivity index (χ2v) is 7.76. The lowest BCUT2D eigenvalue weighted by molar-refractivity contribution is -0.134. The van der Waals surface area contributed by atoms with Crippen molar-refractivity contribution in [3.8, 4) is 5.88 Å². The largest absolute Gasteiger partial charge is 0.478 e.